The number of rotatable bonds is 2. The zero-order chi connectivity index (χ0) is 11.7. The summed E-state index contributed by atoms with van der Waals surface area (Å²) in [6.07, 6.45) is 3.66. The lowest BCUT2D eigenvalue weighted by Gasteiger charge is -2.24. The van der Waals surface area contributed by atoms with Crippen molar-refractivity contribution in [2.24, 2.45) is 0 Å². The van der Waals surface area contributed by atoms with Crippen molar-refractivity contribution < 1.29 is 5.11 Å². The van der Waals surface area contributed by atoms with Gasteiger partial charge in [-0.1, -0.05) is 0 Å². The van der Waals surface area contributed by atoms with Crippen molar-refractivity contribution >= 4 is 17.0 Å². The molecular weight excluding hydrogens is 230 g/mol. The fourth-order valence-electron chi connectivity index (χ4n) is 2.40. The fraction of sp³-hybridized carbons (Fsp3) is 0.286. The van der Waals surface area contributed by atoms with Crippen molar-refractivity contribution in [1.29, 1.82) is 0 Å². The van der Waals surface area contributed by atoms with E-state index in [-0.39, 0.29) is 0 Å². The Morgan fingerprint density at radius 1 is 1.18 bits per heavy atom. The fourth-order valence-corrected chi connectivity index (χ4v) is 3.38. The molecule has 0 aliphatic heterocycles. The minimum Gasteiger partial charge on any atom is -0.508 e. The van der Waals surface area contributed by atoms with E-state index in [1.165, 1.54) is 29.7 Å². The first-order valence-corrected chi connectivity index (χ1v) is 6.83. The minimum absolute atomic E-state index is 0.315. The van der Waals surface area contributed by atoms with E-state index in [9.17, 15) is 5.11 Å². The maximum Gasteiger partial charge on any atom is 0.115 e. The van der Waals surface area contributed by atoms with Crippen molar-refractivity contribution in [2.45, 2.75) is 25.3 Å². The number of fused-ring (bicyclic) bond motifs is 1. The summed E-state index contributed by atoms with van der Waals surface area (Å²) in [5, 5.41) is 15.0. The second kappa shape index (κ2) is 4.41. The van der Waals surface area contributed by atoms with Crippen LogP contribution < -0.4 is 5.32 Å². The van der Waals surface area contributed by atoms with Gasteiger partial charge in [0, 0.05) is 10.6 Å². The van der Waals surface area contributed by atoms with Crippen molar-refractivity contribution in [3.63, 3.8) is 0 Å². The Bertz CT molecular complexity index is 503. The van der Waals surface area contributed by atoms with E-state index < -0.39 is 0 Å². The maximum absolute atomic E-state index is 9.26. The molecule has 3 heteroatoms. The Labute approximate surface area is 105 Å². The number of phenolic OH excluding ortho intramolecular Hbond substituents is 1. The van der Waals surface area contributed by atoms with Gasteiger partial charge in [0.2, 0.25) is 0 Å². The van der Waals surface area contributed by atoms with Gasteiger partial charge in [-0.25, -0.2) is 0 Å². The van der Waals surface area contributed by atoms with Crippen molar-refractivity contribution in [1.82, 2.24) is 0 Å². The molecule has 2 nitrogen and oxygen atoms in total. The Morgan fingerprint density at radius 2 is 2.00 bits per heavy atom. The first-order chi connectivity index (χ1) is 8.33. The lowest BCUT2D eigenvalue weighted by atomic mass is 9.94. The summed E-state index contributed by atoms with van der Waals surface area (Å²) < 4.78 is 0. The molecule has 0 spiro atoms. The van der Waals surface area contributed by atoms with Crippen LogP contribution in [0.15, 0.2) is 35.7 Å². The molecule has 1 aromatic carbocycles. The number of hydrogen-bond acceptors (Lipinski definition) is 3. The molecule has 0 saturated carbocycles. The van der Waals surface area contributed by atoms with Crippen LogP contribution in [0.1, 0.15) is 29.3 Å². The number of nitrogens with one attached hydrogen (secondary N) is 1. The second-order valence-corrected chi connectivity index (χ2v) is 5.44. The summed E-state index contributed by atoms with van der Waals surface area (Å²) in [6.45, 7) is 0. The van der Waals surface area contributed by atoms with Gasteiger partial charge in [0.15, 0.2) is 0 Å². The van der Waals surface area contributed by atoms with Gasteiger partial charge in [-0.3, -0.25) is 0 Å². The number of benzene rings is 1. The monoisotopic (exact) mass is 245 g/mol. The molecular formula is C14H15NOS. The molecule has 2 N–H and O–H groups in total. The smallest absolute Gasteiger partial charge is 0.115 e. The van der Waals surface area contributed by atoms with Crippen LogP contribution in [0.4, 0.5) is 5.69 Å². The molecule has 88 valence electrons. The van der Waals surface area contributed by atoms with Crippen molar-refractivity contribution in [2.75, 3.05) is 5.32 Å². The van der Waals surface area contributed by atoms with Crippen LogP contribution in [0.2, 0.25) is 0 Å². The average molecular weight is 245 g/mol. The van der Waals surface area contributed by atoms with E-state index in [1.54, 1.807) is 12.1 Å². The molecule has 0 radical (unpaired) electrons. The first-order valence-electron chi connectivity index (χ1n) is 5.95. The largest absolute Gasteiger partial charge is 0.508 e. The normalized spacial score (nSPS) is 18.7. The first kappa shape index (κ1) is 10.7. The van der Waals surface area contributed by atoms with Crippen molar-refractivity contribution in [3.8, 4) is 5.75 Å². The molecule has 17 heavy (non-hydrogen) atoms. The molecule has 1 aliphatic carbocycles. The lowest BCUT2D eigenvalue weighted by molar-refractivity contribution is 0.475. The summed E-state index contributed by atoms with van der Waals surface area (Å²) in [5.74, 6) is 0.315. The van der Waals surface area contributed by atoms with Gasteiger partial charge >= 0.3 is 0 Å². The van der Waals surface area contributed by atoms with E-state index >= 15 is 0 Å². The van der Waals surface area contributed by atoms with Crippen LogP contribution in [0.25, 0.3) is 0 Å². The SMILES string of the molecule is Oc1ccc(NC2CCCc3sccc32)cc1. The Hall–Kier alpha value is -1.48. The Kier molecular flexibility index (Phi) is 2.77. The average Bonchev–Trinajstić information content (AvgIpc) is 2.81. The zero-order valence-corrected chi connectivity index (χ0v) is 10.3. The highest BCUT2D eigenvalue weighted by atomic mass is 32.1. The Balaban J connectivity index is 1.81. The van der Waals surface area contributed by atoms with Gasteiger partial charge in [-0.05, 0) is 60.5 Å². The van der Waals surface area contributed by atoms with Gasteiger partial charge in [-0.2, -0.15) is 0 Å². The van der Waals surface area contributed by atoms with E-state index in [0.717, 1.165) is 5.69 Å². The molecule has 2 aromatic rings. The minimum atomic E-state index is 0.315. The quantitative estimate of drug-likeness (QED) is 0.785. The van der Waals surface area contributed by atoms with E-state index in [0.29, 0.717) is 11.8 Å². The third kappa shape index (κ3) is 2.15. The number of hydrogen-bond donors (Lipinski definition) is 2. The second-order valence-electron chi connectivity index (χ2n) is 4.44. The van der Waals surface area contributed by atoms with Crippen LogP contribution in [0.3, 0.4) is 0 Å². The Morgan fingerprint density at radius 3 is 2.82 bits per heavy atom. The molecule has 0 saturated heterocycles. The molecule has 0 bridgehead atoms. The summed E-state index contributed by atoms with van der Waals surface area (Å²) in [5.41, 5.74) is 2.53. The van der Waals surface area contributed by atoms with Crippen LogP contribution in [-0.2, 0) is 6.42 Å². The van der Waals surface area contributed by atoms with E-state index in [2.05, 4.69) is 16.8 Å². The topological polar surface area (TPSA) is 32.3 Å². The molecule has 1 atom stereocenters. The zero-order valence-electron chi connectivity index (χ0n) is 9.52. The van der Waals surface area contributed by atoms with Gasteiger partial charge in [0.1, 0.15) is 5.75 Å². The lowest BCUT2D eigenvalue weighted by Crippen LogP contribution is -2.15. The highest BCUT2D eigenvalue weighted by Crippen LogP contribution is 2.35. The standard InChI is InChI=1S/C14H15NOS/c16-11-6-4-10(5-7-11)15-13-2-1-3-14-12(13)8-9-17-14/h4-9,13,15-16H,1-3H2. The predicted molar refractivity (Wildman–Crippen MR) is 71.7 cm³/mol. The maximum atomic E-state index is 9.26. The summed E-state index contributed by atoms with van der Waals surface area (Å²) in [7, 11) is 0. The number of thiophene rings is 1. The van der Waals surface area contributed by atoms with Crippen molar-refractivity contribution in [3.05, 3.63) is 46.2 Å². The van der Waals surface area contributed by atoms with Crippen LogP contribution in [-0.4, -0.2) is 5.11 Å². The van der Waals surface area contributed by atoms with Gasteiger partial charge in [0.25, 0.3) is 0 Å². The molecule has 1 unspecified atom stereocenters. The highest BCUT2D eigenvalue weighted by Gasteiger charge is 2.20. The third-order valence-corrected chi connectivity index (χ3v) is 4.26. The van der Waals surface area contributed by atoms with Gasteiger partial charge in [0.05, 0.1) is 6.04 Å². The number of aromatic hydroxyl groups is 1. The number of aryl methyl sites for hydroxylation is 1. The van der Waals surface area contributed by atoms with E-state index in [1.807, 2.05) is 23.5 Å². The number of anilines is 1. The summed E-state index contributed by atoms with van der Waals surface area (Å²) >= 11 is 1.86. The summed E-state index contributed by atoms with van der Waals surface area (Å²) in [4.78, 5) is 1.52. The van der Waals surface area contributed by atoms with Gasteiger partial charge < -0.3 is 10.4 Å². The molecule has 0 fully saturated rings. The summed E-state index contributed by atoms with van der Waals surface area (Å²) in [6, 6.07) is 9.96. The molecule has 1 aliphatic rings. The van der Waals surface area contributed by atoms with E-state index in [4.69, 9.17) is 0 Å². The molecule has 3 rings (SSSR count). The highest BCUT2D eigenvalue weighted by molar-refractivity contribution is 7.10. The number of phenols is 1. The van der Waals surface area contributed by atoms with Crippen LogP contribution >= 0.6 is 11.3 Å². The molecule has 1 aromatic heterocycles. The van der Waals surface area contributed by atoms with Crippen LogP contribution in [0, 0.1) is 0 Å². The van der Waals surface area contributed by atoms with Crippen LogP contribution in [0.5, 0.6) is 5.75 Å². The predicted octanol–water partition coefficient (Wildman–Crippen LogP) is 3.94. The molecule has 1 heterocycles. The van der Waals surface area contributed by atoms with Gasteiger partial charge in [-0.15, -0.1) is 11.3 Å². The third-order valence-electron chi connectivity index (χ3n) is 3.26. The molecule has 0 amide bonds.